The van der Waals surface area contributed by atoms with Crippen molar-refractivity contribution in [3.63, 3.8) is 0 Å². The van der Waals surface area contributed by atoms with Crippen molar-refractivity contribution in [2.75, 3.05) is 19.5 Å². The molecule has 6 heteroatoms. The molecular formula is C21H23NO3S2. The molecule has 1 N–H and O–H groups in total. The molecule has 0 spiro atoms. The zero-order chi connectivity index (χ0) is 19.0. The van der Waals surface area contributed by atoms with E-state index < -0.39 is 0 Å². The van der Waals surface area contributed by atoms with Gasteiger partial charge in [-0.1, -0.05) is 6.92 Å². The van der Waals surface area contributed by atoms with E-state index in [-0.39, 0.29) is 5.91 Å². The van der Waals surface area contributed by atoms with Crippen LogP contribution in [0.4, 0.5) is 5.69 Å². The summed E-state index contributed by atoms with van der Waals surface area (Å²) in [5.74, 6) is 2.87. The van der Waals surface area contributed by atoms with Crippen LogP contribution in [-0.4, -0.2) is 20.1 Å². The summed E-state index contributed by atoms with van der Waals surface area (Å²) in [5, 5.41) is 2.98. The van der Waals surface area contributed by atoms with Crippen LogP contribution < -0.4 is 14.8 Å². The normalized spacial score (nSPS) is 18.2. The molecule has 0 fully saturated rings. The maximum atomic E-state index is 12.8. The smallest absolute Gasteiger partial charge is 0.262 e. The number of fused-ring (bicyclic) bond motifs is 3. The number of amides is 1. The summed E-state index contributed by atoms with van der Waals surface area (Å²) in [7, 11) is 3.20. The van der Waals surface area contributed by atoms with Crippen molar-refractivity contribution in [2.24, 2.45) is 5.92 Å². The Morgan fingerprint density at radius 3 is 2.59 bits per heavy atom. The van der Waals surface area contributed by atoms with E-state index in [1.165, 1.54) is 34.6 Å². The van der Waals surface area contributed by atoms with E-state index >= 15 is 0 Å². The van der Waals surface area contributed by atoms with Crippen LogP contribution in [0.25, 0.3) is 6.08 Å². The maximum absolute atomic E-state index is 12.8. The van der Waals surface area contributed by atoms with Crippen molar-refractivity contribution >= 4 is 40.8 Å². The van der Waals surface area contributed by atoms with Gasteiger partial charge in [0, 0.05) is 39.4 Å². The summed E-state index contributed by atoms with van der Waals surface area (Å²) in [6.45, 7) is 2.33. The van der Waals surface area contributed by atoms with Crippen LogP contribution >= 0.6 is 23.1 Å². The molecule has 1 amide bonds. The first kappa shape index (κ1) is 18.4. The molecule has 1 aliphatic heterocycles. The Bertz CT molecular complexity index is 894. The molecule has 4 rings (SSSR count). The highest BCUT2D eigenvalue weighted by molar-refractivity contribution is 8.03. The fraction of sp³-hybridized carbons (Fsp3) is 0.381. The third-order valence-electron chi connectivity index (χ3n) is 5.12. The van der Waals surface area contributed by atoms with Gasteiger partial charge < -0.3 is 14.8 Å². The standard InChI is InChI=1S/C21H23NO3S2/c1-12-4-5-16-17-11-26-20(10-19(17)27-18(16)6-12)21(23)22-13-7-14(24-2)9-15(8-13)25-3/h7-10,12H,4-6,11H2,1-3H3,(H,22,23)/t12-/m0/s1. The van der Waals surface area contributed by atoms with Gasteiger partial charge in [-0.3, -0.25) is 4.79 Å². The number of rotatable bonds is 4. The van der Waals surface area contributed by atoms with Gasteiger partial charge in [0.15, 0.2) is 0 Å². The summed E-state index contributed by atoms with van der Waals surface area (Å²) in [4.78, 5) is 16.3. The second-order valence-electron chi connectivity index (χ2n) is 7.05. The predicted octanol–water partition coefficient (Wildman–Crippen LogP) is 5.12. The van der Waals surface area contributed by atoms with Crippen LogP contribution in [0.2, 0.25) is 0 Å². The lowest BCUT2D eigenvalue weighted by molar-refractivity contribution is -0.112. The van der Waals surface area contributed by atoms with E-state index in [1.54, 1.807) is 49.7 Å². The SMILES string of the molecule is COc1cc(NC(=O)C2=Cc3sc4c(c3CS2)CC[C@H](C)C4)cc(OC)c1. The van der Waals surface area contributed by atoms with Crippen LogP contribution in [0.3, 0.4) is 0 Å². The lowest BCUT2D eigenvalue weighted by Gasteiger charge is -2.20. The summed E-state index contributed by atoms with van der Waals surface area (Å²) >= 11 is 3.50. The van der Waals surface area contributed by atoms with Gasteiger partial charge in [-0.25, -0.2) is 0 Å². The molecule has 0 unspecified atom stereocenters. The number of anilines is 1. The highest BCUT2D eigenvalue weighted by Gasteiger charge is 2.27. The van der Waals surface area contributed by atoms with Crippen LogP contribution in [-0.2, 0) is 23.4 Å². The molecule has 4 nitrogen and oxygen atoms in total. The third kappa shape index (κ3) is 3.73. The molecule has 1 aromatic heterocycles. The zero-order valence-corrected chi connectivity index (χ0v) is 17.4. The molecule has 2 aliphatic rings. The predicted molar refractivity (Wildman–Crippen MR) is 113 cm³/mol. The van der Waals surface area contributed by atoms with Crippen LogP contribution in [0.15, 0.2) is 23.1 Å². The average Bonchev–Trinajstić information content (AvgIpc) is 3.03. The quantitative estimate of drug-likeness (QED) is 0.773. The molecule has 2 aromatic rings. The Balaban J connectivity index is 1.56. The van der Waals surface area contributed by atoms with Gasteiger partial charge in [0.1, 0.15) is 11.5 Å². The third-order valence-corrected chi connectivity index (χ3v) is 7.41. The van der Waals surface area contributed by atoms with Crippen molar-refractivity contribution in [3.8, 4) is 11.5 Å². The molecule has 0 saturated carbocycles. The van der Waals surface area contributed by atoms with Crippen molar-refractivity contribution in [3.05, 3.63) is 44.0 Å². The second kappa shape index (κ2) is 7.60. The van der Waals surface area contributed by atoms with Crippen LogP contribution in [0.1, 0.15) is 34.2 Å². The van der Waals surface area contributed by atoms with Gasteiger partial charge >= 0.3 is 0 Å². The number of hydrogen-bond acceptors (Lipinski definition) is 5. The lowest BCUT2D eigenvalue weighted by atomic mass is 9.88. The average molecular weight is 402 g/mol. The summed E-state index contributed by atoms with van der Waals surface area (Å²) in [6, 6.07) is 5.38. The first-order chi connectivity index (χ1) is 13.1. The van der Waals surface area contributed by atoms with Crippen LogP contribution in [0.5, 0.6) is 11.5 Å². The minimum atomic E-state index is -0.0827. The second-order valence-corrected chi connectivity index (χ2v) is 9.20. The van der Waals surface area contributed by atoms with Crippen LogP contribution in [0, 0.1) is 5.92 Å². The first-order valence-corrected chi connectivity index (χ1v) is 10.9. The Hall–Kier alpha value is -1.92. The van der Waals surface area contributed by atoms with E-state index in [9.17, 15) is 4.79 Å². The fourth-order valence-corrected chi connectivity index (χ4v) is 6.28. The first-order valence-electron chi connectivity index (χ1n) is 9.09. The summed E-state index contributed by atoms with van der Waals surface area (Å²) < 4.78 is 10.6. The van der Waals surface area contributed by atoms with Gasteiger partial charge in [-0.15, -0.1) is 23.1 Å². The highest BCUT2D eigenvalue weighted by atomic mass is 32.2. The Kier molecular flexibility index (Phi) is 5.19. The summed E-state index contributed by atoms with van der Waals surface area (Å²) in [6.07, 6.45) is 5.69. The highest BCUT2D eigenvalue weighted by Crippen LogP contribution is 2.43. The monoisotopic (exact) mass is 401 g/mol. The molecule has 1 atom stereocenters. The maximum Gasteiger partial charge on any atom is 0.262 e. The molecule has 1 aliphatic carbocycles. The number of thiophene rings is 1. The number of thioether (sulfide) groups is 1. The fourth-order valence-electron chi connectivity index (χ4n) is 3.63. The largest absolute Gasteiger partial charge is 0.497 e. The Morgan fingerprint density at radius 1 is 1.15 bits per heavy atom. The Labute approximate surface area is 168 Å². The molecule has 2 heterocycles. The zero-order valence-electron chi connectivity index (χ0n) is 15.8. The molecule has 0 bridgehead atoms. The van der Waals surface area contributed by atoms with E-state index in [2.05, 4.69) is 18.3 Å². The van der Waals surface area contributed by atoms with Crippen molar-refractivity contribution in [1.82, 2.24) is 0 Å². The minimum Gasteiger partial charge on any atom is -0.497 e. The van der Waals surface area contributed by atoms with Gasteiger partial charge in [-0.05, 0) is 42.4 Å². The molecule has 27 heavy (non-hydrogen) atoms. The lowest BCUT2D eigenvalue weighted by Crippen LogP contribution is -2.14. The number of ether oxygens (including phenoxy) is 2. The minimum absolute atomic E-state index is 0.0827. The number of benzene rings is 1. The number of carbonyl (C=O) groups excluding carboxylic acids is 1. The van der Waals surface area contributed by atoms with Gasteiger partial charge in [0.25, 0.3) is 5.91 Å². The molecule has 0 radical (unpaired) electrons. The Morgan fingerprint density at radius 2 is 1.89 bits per heavy atom. The summed E-state index contributed by atoms with van der Waals surface area (Å²) in [5.41, 5.74) is 3.67. The van der Waals surface area contributed by atoms with Crippen molar-refractivity contribution < 1.29 is 14.3 Å². The number of methoxy groups -OCH3 is 2. The van der Waals surface area contributed by atoms with E-state index in [0.717, 1.165) is 16.6 Å². The number of hydrogen-bond donors (Lipinski definition) is 1. The molecule has 1 aromatic carbocycles. The topological polar surface area (TPSA) is 47.6 Å². The van der Waals surface area contributed by atoms with Gasteiger partial charge in [0.2, 0.25) is 0 Å². The van der Waals surface area contributed by atoms with E-state index in [4.69, 9.17) is 9.47 Å². The van der Waals surface area contributed by atoms with E-state index in [1.807, 2.05) is 11.3 Å². The number of carbonyl (C=O) groups is 1. The van der Waals surface area contributed by atoms with Gasteiger partial charge in [-0.2, -0.15) is 0 Å². The van der Waals surface area contributed by atoms with E-state index in [0.29, 0.717) is 17.2 Å². The molecule has 0 saturated heterocycles. The molecular weight excluding hydrogens is 378 g/mol. The van der Waals surface area contributed by atoms with Gasteiger partial charge in [0.05, 0.1) is 19.1 Å². The number of nitrogens with one attached hydrogen (secondary N) is 1. The van der Waals surface area contributed by atoms with Crippen molar-refractivity contribution in [1.29, 1.82) is 0 Å². The van der Waals surface area contributed by atoms with Crippen molar-refractivity contribution in [2.45, 2.75) is 31.9 Å². The molecule has 142 valence electrons.